The van der Waals surface area contributed by atoms with Crippen LogP contribution < -0.4 is 10.6 Å². The average Bonchev–Trinajstić information content (AvgIpc) is 3.38. The molecule has 1 aliphatic heterocycles. The summed E-state index contributed by atoms with van der Waals surface area (Å²) in [6.45, 7) is 4.10. The quantitative estimate of drug-likeness (QED) is 0.833. The number of nitrogens with one attached hydrogen (secondary N) is 2. The molecule has 1 heterocycles. The summed E-state index contributed by atoms with van der Waals surface area (Å²) in [7, 11) is 4.06. The molecule has 1 atom stereocenters. The number of amides is 2. The van der Waals surface area contributed by atoms with Gasteiger partial charge in [0.15, 0.2) is 0 Å². The molecule has 6 heteroatoms. The van der Waals surface area contributed by atoms with Crippen LogP contribution >= 0.6 is 0 Å². The molecule has 6 nitrogen and oxygen atoms in total. The van der Waals surface area contributed by atoms with Gasteiger partial charge in [0.05, 0.1) is 12.7 Å². The second-order valence-corrected chi connectivity index (χ2v) is 6.99. The van der Waals surface area contributed by atoms with Gasteiger partial charge in [0, 0.05) is 37.9 Å². The van der Waals surface area contributed by atoms with Crippen molar-refractivity contribution in [2.75, 3.05) is 45.7 Å². The van der Waals surface area contributed by atoms with Gasteiger partial charge in [-0.3, -0.25) is 4.90 Å². The Morgan fingerprint density at radius 1 is 1.38 bits per heavy atom. The lowest BCUT2D eigenvalue weighted by atomic mass is 10.2. The van der Waals surface area contributed by atoms with Crippen LogP contribution in [0.5, 0.6) is 0 Å². The summed E-state index contributed by atoms with van der Waals surface area (Å²) in [4.78, 5) is 16.7. The molecule has 24 heavy (non-hydrogen) atoms. The Hall–Kier alpha value is -1.63. The van der Waals surface area contributed by atoms with Crippen molar-refractivity contribution in [1.29, 1.82) is 0 Å². The van der Waals surface area contributed by atoms with Gasteiger partial charge in [-0.25, -0.2) is 4.79 Å². The second-order valence-electron chi connectivity index (χ2n) is 6.99. The molecule has 0 unspecified atom stereocenters. The summed E-state index contributed by atoms with van der Waals surface area (Å²) in [5, 5.41) is 5.83. The molecule has 2 fully saturated rings. The fourth-order valence-electron chi connectivity index (χ4n) is 3.13. The number of carbonyl (C=O) groups excluding carboxylic acids is 1. The summed E-state index contributed by atoms with van der Waals surface area (Å²) in [5.41, 5.74) is 1.99. The minimum Gasteiger partial charge on any atom is -0.374 e. The first-order chi connectivity index (χ1) is 11.6. The van der Waals surface area contributed by atoms with Gasteiger partial charge in [-0.15, -0.1) is 0 Å². The smallest absolute Gasteiger partial charge is 0.319 e. The van der Waals surface area contributed by atoms with Crippen LogP contribution in [-0.2, 0) is 11.3 Å². The topological polar surface area (TPSA) is 56.8 Å². The van der Waals surface area contributed by atoms with Gasteiger partial charge in [0.25, 0.3) is 0 Å². The van der Waals surface area contributed by atoms with E-state index in [4.69, 9.17) is 4.74 Å². The highest BCUT2D eigenvalue weighted by molar-refractivity contribution is 5.89. The van der Waals surface area contributed by atoms with Gasteiger partial charge < -0.3 is 20.3 Å². The van der Waals surface area contributed by atoms with Crippen molar-refractivity contribution in [2.24, 2.45) is 0 Å². The molecule has 2 N–H and O–H groups in total. The number of morpholine rings is 1. The normalized spacial score (nSPS) is 21.7. The van der Waals surface area contributed by atoms with Crippen molar-refractivity contribution in [2.45, 2.75) is 31.5 Å². The Morgan fingerprint density at radius 2 is 2.21 bits per heavy atom. The van der Waals surface area contributed by atoms with Crippen molar-refractivity contribution in [1.82, 2.24) is 15.1 Å². The van der Waals surface area contributed by atoms with E-state index < -0.39 is 0 Å². The molecule has 0 bridgehead atoms. The van der Waals surface area contributed by atoms with Crippen LogP contribution in [0.3, 0.4) is 0 Å². The zero-order valence-electron chi connectivity index (χ0n) is 14.6. The zero-order chi connectivity index (χ0) is 16.9. The molecule has 1 saturated heterocycles. The molecule has 1 aromatic rings. The van der Waals surface area contributed by atoms with E-state index in [2.05, 4.69) is 26.5 Å². The van der Waals surface area contributed by atoms with Crippen LogP contribution in [0, 0.1) is 0 Å². The third-order valence-corrected chi connectivity index (χ3v) is 4.41. The molecule has 2 aliphatic rings. The fraction of sp³-hybridized carbons (Fsp3) is 0.611. The molecule has 1 aliphatic carbocycles. The minimum atomic E-state index is -0.177. The van der Waals surface area contributed by atoms with Gasteiger partial charge in [-0.1, -0.05) is 12.1 Å². The Bertz CT molecular complexity index is 560. The van der Waals surface area contributed by atoms with Gasteiger partial charge in [0.2, 0.25) is 0 Å². The number of anilines is 1. The maximum atomic E-state index is 12.1. The third-order valence-electron chi connectivity index (χ3n) is 4.41. The number of hydrogen-bond donors (Lipinski definition) is 2. The first-order valence-electron chi connectivity index (χ1n) is 8.74. The third kappa shape index (κ3) is 5.19. The molecule has 132 valence electrons. The summed E-state index contributed by atoms with van der Waals surface area (Å²) in [5.74, 6) is 0. The number of urea groups is 1. The van der Waals surface area contributed by atoms with E-state index in [9.17, 15) is 4.79 Å². The highest BCUT2D eigenvalue weighted by Gasteiger charge is 2.32. The number of ether oxygens (including phenoxy) is 1. The van der Waals surface area contributed by atoms with Crippen LogP contribution in [0.4, 0.5) is 10.5 Å². The molecule has 1 saturated carbocycles. The predicted octanol–water partition coefficient (Wildman–Crippen LogP) is 1.73. The number of carbonyl (C=O) groups is 1. The molecule has 0 aromatic heterocycles. The SMILES string of the molecule is CN(C)Cc1cccc(NC(=O)NC[C@H]2CN(C3CC3)CCO2)c1. The maximum Gasteiger partial charge on any atom is 0.319 e. The number of hydrogen-bond acceptors (Lipinski definition) is 4. The van der Waals surface area contributed by atoms with E-state index in [1.54, 1.807) is 0 Å². The molecule has 2 amide bonds. The van der Waals surface area contributed by atoms with Crippen molar-refractivity contribution >= 4 is 11.7 Å². The molecule has 0 spiro atoms. The van der Waals surface area contributed by atoms with Gasteiger partial charge >= 0.3 is 6.03 Å². The second kappa shape index (κ2) is 7.96. The van der Waals surface area contributed by atoms with E-state index in [1.165, 1.54) is 18.4 Å². The zero-order valence-corrected chi connectivity index (χ0v) is 14.6. The Labute approximate surface area is 144 Å². The first-order valence-corrected chi connectivity index (χ1v) is 8.74. The minimum absolute atomic E-state index is 0.0881. The van der Waals surface area contributed by atoms with Crippen LogP contribution in [-0.4, -0.2) is 68.3 Å². The van der Waals surface area contributed by atoms with Crippen molar-refractivity contribution in [3.05, 3.63) is 29.8 Å². The van der Waals surface area contributed by atoms with Gasteiger partial charge in [-0.05, 0) is 44.6 Å². The van der Waals surface area contributed by atoms with E-state index in [1.807, 2.05) is 32.3 Å². The van der Waals surface area contributed by atoms with E-state index in [0.29, 0.717) is 6.54 Å². The Kier molecular flexibility index (Phi) is 5.71. The van der Waals surface area contributed by atoms with Crippen molar-refractivity contribution < 1.29 is 9.53 Å². The largest absolute Gasteiger partial charge is 0.374 e. The van der Waals surface area contributed by atoms with Gasteiger partial charge in [-0.2, -0.15) is 0 Å². The van der Waals surface area contributed by atoms with Crippen molar-refractivity contribution in [3.8, 4) is 0 Å². The highest BCUT2D eigenvalue weighted by Crippen LogP contribution is 2.28. The Morgan fingerprint density at radius 3 is 2.96 bits per heavy atom. The van der Waals surface area contributed by atoms with Crippen LogP contribution in [0.25, 0.3) is 0 Å². The van der Waals surface area contributed by atoms with Crippen LogP contribution in [0.15, 0.2) is 24.3 Å². The van der Waals surface area contributed by atoms with E-state index >= 15 is 0 Å². The fourth-order valence-corrected chi connectivity index (χ4v) is 3.13. The Balaban J connectivity index is 1.43. The van der Waals surface area contributed by atoms with Crippen LogP contribution in [0.1, 0.15) is 18.4 Å². The van der Waals surface area contributed by atoms with E-state index in [-0.39, 0.29) is 12.1 Å². The lowest BCUT2D eigenvalue weighted by Crippen LogP contribution is -2.48. The first kappa shape index (κ1) is 17.2. The number of benzene rings is 1. The molecular weight excluding hydrogens is 304 g/mol. The average molecular weight is 332 g/mol. The summed E-state index contributed by atoms with van der Waals surface area (Å²) >= 11 is 0. The highest BCUT2D eigenvalue weighted by atomic mass is 16.5. The lowest BCUT2D eigenvalue weighted by molar-refractivity contribution is -0.0286. The molecule has 0 radical (unpaired) electrons. The van der Waals surface area contributed by atoms with Crippen LogP contribution in [0.2, 0.25) is 0 Å². The predicted molar refractivity (Wildman–Crippen MR) is 95.2 cm³/mol. The van der Waals surface area contributed by atoms with Crippen molar-refractivity contribution in [3.63, 3.8) is 0 Å². The summed E-state index contributed by atoms with van der Waals surface area (Å²) < 4.78 is 5.76. The van der Waals surface area contributed by atoms with Gasteiger partial charge in [0.1, 0.15) is 0 Å². The lowest BCUT2D eigenvalue weighted by Gasteiger charge is -2.33. The standard InChI is InChI=1S/C18H28N4O2/c1-21(2)12-14-4-3-5-15(10-14)20-18(23)19-11-17-13-22(8-9-24-17)16-6-7-16/h3-5,10,16-17H,6-9,11-13H2,1-2H3,(H2,19,20,23)/t17-/m0/s1. The molecule has 1 aromatic carbocycles. The van der Waals surface area contributed by atoms with E-state index in [0.717, 1.165) is 38.0 Å². The number of nitrogens with zero attached hydrogens (tertiary/aromatic N) is 2. The summed E-state index contributed by atoms with van der Waals surface area (Å²) in [6.07, 6.45) is 2.71. The monoisotopic (exact) mass is 332 g/mol. The molecule has 3 rings (SSSR count). The molecular formula is C18H28N4O2. The summed E-state index contributed by atoms with van der Waals surface area (Å²) in [6, 6.07) is 8.52. The maximum absolute atomic E-state index is 12.1. The number of rotatable bonds is 6.